The minimum absolute atomic E-state index is 0.145. The van der Waals surface area contributed by atoms with Crippen LogP contribution in [0.1, 0.15) is 44.5 Å². The van der Waals surface area contributed by atoms with E-state index in [1.165, 1.54) is 12.1 Å². The average Bonchev–Trinajstić information content (AvgIpc) is 3.76. The number of para-hydroxylation sites is 2. The topological polar surface area (TPSA) is 38.0 Å². The molecule has 0 aliphatic rings. The SMILES string of the molecule is [C-]#[N+]c1cccc(C(F)(F)F)c1-c1cc(-n2c3ccccc3c3ccc(-c4c(C)cc(C)cc4C)cc32)c(C#N)cc1-n1c2ccccc2c2ccc(-c3c(C)cc(C)cc3C)cc21. The molecule has 64 heavy (non-hydrogen) atoms. The highest BCUT2D eigenvalue weighted by Gasteiger charge is 2.36. The van der Waals surface area contributed by atoms with E-state index in [0.29, 0.717) is 11.4 Å². The maximum absolute atomic E-state index is 15.4. The Morgan fingerprint density at radius 1 is 0.500 bits per heavy atom. The van der Waals surface area contributed by atoms with Crippen molar-refractivity contribution in [1.82, 2.24) is 9.13 Å². The predicted octanol–water partition coefficient (Wildman–Crippen LogP) is 16.2. The Morgan fingerprint density at radius 3 is 1.44 bits per heavy atom. The van der Waals surface area contributed by atoms with Crippen molar-refractivity contribution < 1.29 is 13.2 Å². The molecule has 0 N–H and O–H groups in total. The molecule has 310 valence electrons. The molecule has 0 fully saturated rings. The molecule has 0 radical (unpaired) electrons. The summed E-state index contributed by atoms with van der Waals surface area (Å²) in [5.74, 6) is 0. The summed E-state index contributed by atoms with van der Waals surface area (Å²) in [5.41, 5.74) is 13.9. The van der Waals surface area contributed by atoms with Crippen molar-refractivity contribution in [3.05, 3.63) is 195 Å². The highest BCUT2D eigenvalue weighted by molar-refractivity contribution is 6.12. The van der Waals surface area contributed by atoms with E-state index in [1.54, 1.807) is 12.1 Å². The zero-order chi connectivity index (χ0) is 44.8. The summed E-state index contributed by atoms with van der Waals surface area (Å²) in [4.78, 5) is 3.72. The maximum Gasteiger partial charge on any atom is 0.415 e. The molecule has 2 aromatic heterocycles. The van der Waals surface area contributed by atoms with Gasteiger partial charge in [-0.05, 0) is 128 Å². The number of aromatic nitrogens is 2. The van der Waals surface area contributed by atoms with Crippen molar-refractivity contribution in [1.29, 1.82) is 5.26 Å². The van der Waals surface area contributed by atoms with Crippen LogP contribution in [0.2, 0.25) is 0 Å². The Bertz CT molecular complexity index is 3650. The normalized spacial score (nSPS) is 11.8. The summed E-state index contributed by atoms with van der Waals surface area (Å²) >= 11 is 0. The molecule has 10 rings (SSSR count). The second-order valence-electron chi connectivity index (χ2n) is 17.0. The largest absolute Gasteiger partial charge is 0.415 e. The van der Waals surface area contributed by atoms with Crippen molar-refractivity contribution in [3.8, 4) is 50.8 Å². The second kappa shape index (κ2) is 14.9. The monoisotopic (exact) mass is 838 g/mol. The van der Waals surface area contributed by atoms with Crippen molar-refractivity contribution in [3.63, 3.8) is 0 Å². The van der Waals surface area contributed by atoms with Gasteiger partial charge in [0.1, 0.15) is 6.07 Å². The van der Waals surface area contributed by atoms with Gasteiger partial charge in [0.2, 0.25) is 0 Å². The number of benzene rings is 8. The van der Waals surface area contributed by atoms with E-state index in [-0.39, 0.29) is 22.4 Å². The second-order valence-corrected chi connectivity index (χ2v) is 17.0. The molecule has 7 heteroatoms. The number of fused-ring (bicyclic) bond motifs is 6. The summed E-state index contributed by atoms with van der Waals surface area (Å²) in [6.45, 7) is 20.8. The molecule has 0 aliphatic carbocycles. The first-order valence-electron chi connectivity index (χ1n) is 21.2. The first-order valence-corrected chi connectivity index (χ1v) is 21.2. The number of nitrogens with zero attached hydrogens (tertiary/aromatic N) is 4. The Hall–Kier alpha value is -7.87. The van der Waals surface area contributed by atoms with Crippen LogP contribution in [0.5, 0.6) is 0 Å². The summed E-state index contributed by atoms with van der Waals surface area (Å²) in [7, 11) is 0. The first-order chi connectivity index (χ1) is 30.8. The maximum atomic E-state index is 15.4. The molecule has 0 amide bonds. The minimum atomic E-state index is -4.80. The van der Waals surface area contributed by atoms with Gasteiger partial charge in [0.15, 0.2) is 5.69 Å². The molecule has 0 spiro atoms. The third-order valence-electron chi connectivity index (χ3n) is 12.7. The standard InChI is InChI=1S/C57H41F3N4/c1-32-23-34(3)54(35(4)24-32)38-19-21-43-41-13-8-10-17-48(41)63(51(43)27-38)50-30-45(56-46(57(58,59)60)15-12-16-47(56)62-7)53(29-40(50)31-61)64-49-18-11-9-14-42(49)44-22-20-39(28-52(44)64)55-36(5)25-33(2)26-37(55)6/h8-30H,1-6H3. The van der Waals surface area contributed by atoms with E-state index in [9.17, 15) is 5.26 Å². The van der Waals surface area contributed by atoms with Crippen LogP contribution in [-0.2, 0) is 6.18 Å². The zero-order valence-electron chi connectivity index (χ0n) is 36.2. The molecule has 4 nitrogen and oxygen atoms in total. The molecule has 0 saturated carbocycles. The van der Waals surface area contributed by atoms with E-state index >= 15 is 13.2 Å². The van der Waals surface area contributed by atoms with E-state index in [0.717, 1.165) is 105 Å². The number of aryl methyl sites for hydroxylation is 6. The number of alkyl halides is 3. The van der Waals surface area contributed by atoms with Gasteiger partial charge in [-0.25, -0.2) is 4.85 Å². The lowest BCUT2D eigenvalue weighted by molar-refractivity contribution is -0.137. The number of rotatable bonds is 5. The number of hydrogen-bond donors (Lipinski definition) is 0. The Labute approximate surface area is 369 Å². The molecule has 10 aromatic rings. The highest BCUT2D eigenvalue weighted by Crippen LogP contribution is 2.48. The van der Waals surface area contributed by atoms with Gasteiger partial charge in [-0.3, -0.25) is 0 Å². The van der Waals surface area contributed by atoms with Crippen molar-refractivity contribution in [2.24, 2.45) is 0 Å². The molecule has 0 bridgehead atoms. The van der Waals surface area contributed by atoms with E-state index in [4.69, 9.17) is 6.57 Å². The summed E-state index contributed by atoms with van der Waals surface area (Å²) in [6.07, 6.45) is -4.80. The lowest BCUT2D eigenvalue weighted by Crippen LogP contribution is -2.10. The van der Waals surface area contributed by atoms with Gasteiger partial charge in [0.05, 0.1) is 51.1 Å². The zero-order valence-corrected chi connectivity index (χ0v) is 36.2. The first kappa shape index (κ1) is 40.2. The fraction of sp³-hybridized carbons (Fsp3) is 0.123. The number of hydrogen-bond acceptors (Lipinski definition) is 1. The Morgan fingerprint density at radius 2 is 0.969 bits per heavy atom. The van der Waals surface area contributed by atoms with Gasteiger partial charge >= 0.3 is 6.18 Å². The molecule has 8 aromatic carbocycles. The van der Waals surface area contributed by atoms with Crippen LogP contribution < -0.4 is 0 Å². The summed E-state index contributed by atoms with van der Waals surface area (Å²) in [5, 5.41) is 14.9. The smallest absolute Gasteiger partial charge is 0.309 e. The summed E-state index contributed by atoms with van der Waals surface area (Å²) < 4.78 is 50.3. The van der Waals surface area contributed by atoms with E-state index in [1.807, 2.05) is 57.7 Å². The predicted molar refractivity (Wildman–Crippen MR) is 256 cm³/mol. The molecular formula is C57H41F3N4. The number of nitriles is 1. The third-order valence-corrected chi connectivity index (χ3v) is 12.7. The van der Waals surface area contributed by atoms with Crippen LogP contribution in [0, 0.1) is 59.4 Å². The molecule has 0 atom stereocenters. The van der Waals surface area contributed by atoms with Crippen LogP contribution in [0.4, 0.5) is 18.9 Å². The molecule has 2 heterocycles. The van der Waals surface area contributed by atoms with Crippen LogP contribution in [0.25, 0.3) is 93.2 Å². The van der Waals surface area contributed by atoms with Crippen LogP contribution >= 0.6 is 0 Å². The fourth-order valence-corrected chi connectivity index (χ4v) is 10.4. The molecule has 0 saturated heterocycles. The van der Waals surface area contributed by atoms with Crippen molar-refractivity contribution in [2.75, 3.05) is 0 Å². The average molecular weight is 839 g/mol. The van der Waals surface area contributed by atoms with Gasteiger partial charge in [0.25, 0.3) is 0 Å². The van der Waals surface area contributed by atoms with E-state index in [2.05, 4.69) is 113 Å². The van der Waals surface area contributed by atoms with Crippen LogP contribution in [0.3, 0.4) is 0 Å². The Balaban J connectivity index is 1.36. The molecule has 0 aliphatic heterocycles. The van der Waals surface area contributed by atoms with Gasteiger partial charge in [-0.2, -0.15) is 18.4 Å². The highest BCUT2D eigenvalue weighted by atomic mass is 19.4. The Kier molecular flexibility index (Phi) is 9.36. The summed E-state index contributed by atoms with van der Waals surface area (Å²) in [6, 6.07) is 46.6. The fourth-order valence-electron chi connectivity index (χ4n) is 10.4. The van der Waals surface area contributed by atoms with Gasteiger partial charge in [0, 0.05) is 27.1 Å². The molecular weight excluding hydrogens is 798 g/mol. The van der Waals surface area contributed by atoms with E-state index < -0.39 is 11.7 Å². The lowest BCUT2D eigenvalue weighted by atomic mass is 9.92. The van der Waals surface area contributed by atoms with Gasteiger partial charge in [-0.15, -0.1) is 0 Å². The minimum Gasteiger partial charge on any atom is -0.309 e. The van der Waals surface area contributed by atoms with Gasteiger partial charge < -0.3 is 9.13 Å². The molecule has 0 unspecified atom stereocenters. The quantitative estimate of drug-likeness (QED) is 0.159. The number of halogens is 3. The van der Waals surface area contributed by atoms with Crippen molar-refractivity contribution in [2.45, 2.75) is 47.7 Å². The third kappa shape index (κ3) is 6.27. The van der Waals surface area contributed by atoms with Crippen molar-refractivity contribution >= 4 is 49.3 Å². The van der Waals surface area contributed by atoms with Crippen LogP contribution in [0.15, 0.2) is 140 Å². The van der Waals surface area contributed by atoms with Gasteiger partial charge in [-0.1, -0.05) is 114 Å². The van der Waals surface area contributed by atoms with Crippen LogP contribution in [-0.4, -0.2) is 9.13 Å². The lowest BCUT2D eigenvalue weighted by Gasteiger charge is -2.22.